The van der Waals surface area contributed by atoms with Crippen molar-refractivity contribution >= 4 is 11.9 Å². The predicted molar refractivity (Wildman–Crippen MR) is 85.5 cm³/mol. The summed E-state index contributed by atoms with van der Waals surface area (Å²) >= 11 is 0. The highest BCUT2D eigenvalue weighted by atomic mass is 16.7. The van der Waals surface area contributed by atoms with Gasteiger partial charge in [-0.3, -0.25) is 0 Å². The van der Waals surface area contributed by atoms with Crippen LogP contribution < -0.4 is 0 Å². The van der Waals surface area contributed by atoms with E-state index in [1.165, 1.54) is 12.1 Å². The first-order valence-electron chi connectivity index (χ1n) is 8.69. The summed E-state index contributed by atoms with van der Waals surface area (Å²) in [6.07, 6.45) is 11.1. The van der Waals surface area contributed by atoms with Crippen LogP contribution >= 0.6 is 0 Å². The molecule has 0 bridgehead atoms. The number of allylic oxidation sites excluding steroid dienone is 2. The quantitative estimate of drug-likeness (QED) is 0.752. The van der Waals surface area contributed by atoms with Gasteiger partial charge in [0.15, 0.2) is 5.70 Å². The maximum atomic E-state index is 5.80. The van der Waals surface area contributed by atoms with Gasteiger partial charge >= 0.3 is 0 Å². The Labute approximate surface area is 132 Å². The molecular weight excluding hydrogens is 278 g/mol. The third-order valence-electron chi connectivity index (χ3n) is 5.87. The van der Waals surface area contributed by atoms with Crippen molar-refractivity contribution in [3.05, 3.63) is 11.8 Å². The number of ether oxygens (including phenoxy) is 1. The fraction of sp³-hybridized carbons (Fsp3) is 0.765. The van der Waals surface area contributed by atoms with Gasteiger partial charge in [0, 0.05) is 25.3 Å². The van der Waals surface area contributed by atoms with Crippen LogP contribution in [0.1, 0.15) is 52.4 Å². The average molecular weight is 304 g/mol. The van der Waals surface area contributed by atoms with Gasteiger partial charge in [-0.05, 0) is 33.1 Å². The molecule has 0 aromatic rings. The van der Waals surface area contributed by atoms with Crippen LogP contribution in [0.5, 0.6) is 0 Å². The van der Waals surface area contributed by atoms with Gasteiger partial charge in [0.25, 0.3) is 0 Å². The molecule has 3 unspecified atom stereocenters. The zero-order valence-electron chi connectivity index (χ0n) is 13.6. The molecule has 1 aliphatic carbocycles. The number of hydrogen-bond acceptors (Lipinski definition) is 4. The first-order valence-corrected chi connectivity index (χ1v) is 8.69. The van der Waals surface area contributed by atoms with Crippen molar-refractivity contribution in [3.8, 4) is 0 Å². The van der Waals surface area contributed by atoms with Crippen LogP contribution in [0.2, 0.25) is 0 Å². The first-order chi connectivity index (χ1) is 10.7. The molecule has 1 spiro atoms. The van der Waals surface area contributed by atoms with E-state index in [2.05, 4.69) is 25.1 Å². The van der Waals surface area contributed by atoms with Crippen molar-refractivity contribution in [2.75, 3.05) is 13.2 Å². The summed E-state index contributed by atoms with van der Waals surface area (Å²) in [7, 11) is 0. The highest BCUT2D eigenvalue weighted by Crippen LogP contribution is 2.45. The summed E-state index contributed by atoms with van der Waals surface area (Å²) in [6.45, 7) is 6.19. The van der Waals surface area contributed by atoms with E-state index in [1.807, 2.05) is 6.21 Å². The van der Waals surface area contributed by atoms with Gasteiger partial charge in [0.2, 0.25) is 0 Å². The number of hydrogen-bond donors (Lipinski definition) is 0. The molecule has 0 aromatic carbocycles. The van der Waals surface area contributed by atoms with Crippen LogP contribution in [-0.4, -0.2) is 47.4 Å². The fourth-order valence-corrected chi connectivity index (χ4v) is 4.40. The van der Waals surface area contributed by atoms with Gasteiger partial charge in [-0.1, -0.05) is 10.3 Å². The molecule has 0 radical (unpaired) electrons. The lowest BCUT2D eigenvalue weighted by atomic mass is 9.76. The van der Waals surface area contributed by atoms with E-state index < -0.39 is 0 Å². The Bertz CT molecular complexity index is 550. The van der Waals surface area contributed by atoms with Gasteiger partial charge in [0.1, 0.15) is 23.9 Å². The Balaban J connectivity index is 1.59. The van der Waals surface area contributed by atoms with Gasteiger partial charge in [-0.2, -0.15) is 4.59 Å². The molecule has 1 saturated carbocycles. The molecule has 0 amide bonds. The molecule has 120 valence electrons. The van der Waals surface area contributed by atoms with E-state index in [9.17, 15) is 0 Å². The lowest BCUT2D eigenvalue weighted by Gasteiger charge is -2.41. The molecule has 0 N–H and O–H groups in total. The lowest BCUT2D eigenvalue weighted by Crippen LogP contribution is -2.54. The van der Waals surface area contributed by atoms with Crippen molar-refractivity contribution in [2.24, 2.45) is 10.3 Å². The third-order valence-corrected chi connectivity index (χ3v) is 5.87. The molecule has 22 heavy (non-hydrogen) atoms. The molecule has 3 aliphatic heterocycles. The van der Waals surface area contributed by atoms with Crippen LogP contribution in [-0.2, 0) is 9.57 Å². The minimum atomic E-state index is 0.0190. The van der Waals surface area contributed by atoms with Gasteiger partial charge in [0.05, 0.1) is 18.9 Å². The highest BCUT2D eigenvalue weighted by Gasteiger charge is 2.52. The van der Waals surface area contributed by atoms with Crippen molar-refractivity contribution in [1.29, 1.82) is 0 Å². The highest BCUT2D eigenvalue weighted by molar-refractivity contribution is 6.03. The Kier molecular flexibility index (Phi) is 3.38. The van der Waals surface area contributed by atoms with Crippen LogP contribution in [0.4, 0.5) is 0 Å². The Morgan fingerprint density at radius 1 is 1.41 bits per heavy atom. The van der Waals surface area contributed by atoms with Gasteiger partial charge in [-0.25, -0.2) is 0 Å². The topological polar surface area (TPSA) is 43.2 Å². The first kappa shape index (κ1) is 14.4. The summed E-state index contributed by atoms with van der Waals surface area (Å²) in [4.78, 5) is 5.80. The van der Waals surface area contributed by atoms with E-state index >= 15 is 0 Å². The summed E-state index contributed by atoms with van der Waals surface area (Å²) in [5.74, 6) is 0. The standard InChI is InChI=1S/C17H26N3O2/c1-3-20(14-6-10-21-13(2)11-14)16(5-9-18-20)15-12-17(22-19-15)7-4-8-17/h5,9,13-14H,3-4,6-8,10-12H2,1-2H3/q+1. The normalized spacial score (nSPS) is 39.4. The summed E-state index contributed by atoms with van der Waals surface area (Å²) in [5.41, 5.74) is 2.40. The lowest BCUT2D eigenvalue weighted by molar-refractivity contribution is -0.916. The largest absolute Gasteiger partial charge is 0.388 e. The second-order valence-corrected chi connectivity index (χ2v) is 7.16. The minimum Gasteiger partial charge on any atom is -0.388 e. The van der Waals surface area contributed by atoms with Crippen LogP contribution in [0.3, 0.4) is 0 Å². The number of nitrogens with zero attached hydrogens (tertiary/aromatic N) is 3. The van der Waals surface area contributed by atoms with E-state index in [1.54, 1.807) is 0 Å². The minimum absolute atomic E-state index is 0.0190. The second kappa shape index (κ2) is 5.17. The predicted octanol–water partition coefficient (Wildman–Crippen LogP) is 2.97. The monoisotopic (exact) mass is 304 g/mol. The summed E-state index contributed by atoms with van der Waals surface area (Å²) < 4.78 is 6.43. The molecule has 4 rings (SSSR count). The number of oxime groups is 1. The van der Waals surface area contributed by atoms with Gasteiger partial charge < -0.3 is 9.57 Å². The second-order valence-electron chi connectivity index (χ2n) is 7.16. The van der Waals surface area contributed by atoms with Gasteiger partial charge in [-0.15, -0.1) is 0 Å². The van der Waals surface area contributed by atoms with Crippen LogP contribution in [0.15, 0.2) is 22.0 Å². The molecule has 3 atom stereocenters. The van der Waals surface area contributed by atoms with E-state index in [4.69, 9.17) is 14.7 Å². The molecule has 3 heterocycles. The maximum Gasteiger partial charge on any atom is 0.186 e. The average Bonchev–Trinajstić information content (AvgIpc) is 3.11. The number of quaternary nitrogens is 1. The molecule has 5 nitrogen and oxygen atoms in total. The van der Waals surface area contributed by atoms with Crippen molar-refractivity contribution in [2.45, 2.75) is 70.1 Å². The zero-order valence-corrected chi connectivity index (χ0v) is 13.6. The smallest absolute Gasteiger partial charge is 0.186 e. The van der Waals surface area contributed by atoms with E-state index in [0.717, 1.165) is 51.0 Å². The molecule has 1 saturated heterocycles. The van der Waals surface area contributed by atoms with E-state index in [-0.39, 0.29) is 5.60 Å². The van der Waals surface area contributed by atoms with Crippen molar-refractivity contribution in [3.63, 3.8) is 0 Å². The number of rotatable bonds is 3. The van der Waals surface area contributed by atoms with Crippen molar-refractivity contribution < 1.29 is 14.2 Å². The molecular formula is C17H26N3O2+. The molecule has 4 aliphatic rings. The molecule has 5 heteroatoms. The molecule has 2 fully saturated rings. The van der Waals surface area contributed by atoms with Crippen LogP contribution in [0, 0.1) is 0 Å². The zero-order chi connectivity index (χ0) is 15.2. The Morgan fingerprint density at radius 2 is 2.27 bits per heavy atom. The molecule has 0 aromatic heterocycles. The van der Waals surface area contributed by atoms with Crippen molar-refractivity contribution in [1.82, 2.24) is 0 Å². The van der Waals surface area contributed by atoms with E-state index in [0.29, 0.717) is 16.7 Å². The third kappa shape index (κ3) is 2.06. The SMILES string of the molecule is CC[N+]1(C2CCOC(C)C2)N=CC=C1C1=NOC2(CCC2)C1. The maximum absolute atomic E-state index is 5.80. The Hall–Kier alpha value is -1.20. The Morgan fingerprint density at radius 3 is 2.91 bits per heavy atom. The van der Waals surface area contributed by atoms with Crippen LogP contribution in [0.25, 0.3) is 0 Å². The fourth-order valence-electron chi connectivity index (χ4n) is 4.40. The summed E-state index contributed by atoms with van der Waals surface area (Å²) in [5, 5.41) is 9.36. The summed E-state index contributed by atoms with van der Waals surface area (Å²) in [6, 6.07) is 0.486.